The number of nitrogens with zero attached hydrogens (tertiary/aromatic N) is 2. The van der Waals surface area contributed by atoms with Crippen LogP contribution in [0.15, 0.2) is 36.7 Å². The van der Waals surface area contributed by atoms with Crippen molar-refractivity contribution < 1.29 is 9.59 Å². The smallest absolute Gasteiger partial charge is 0.234 e. The molecule has 2 amide bonds. The molecule has 6 heteroatoms. The van der Waals surface area contributed by atoms with Gasteiger partial charge in [0.1, 0.15) is 0 Å². The Balaban J connectivity index is 1.84. The molecular weight excluding hydrogens is 280 g/mol. The number of likely N-dealkylation sites (N-methyl/N-ethyl adjacent to an activating group) is 1. The normalized spacial score (nSPS) is 20.8. The Labute approximate surface area is 130 Å². The molecule has 22 heavy (non-hydrogen) atoms. The highest BCUT2D eigenvalue weighted by molar-refractivity contribution is 5.81. The van der Waals surface area contributed by atoms with Crippen LogP contribution < -0.4 is 11.1 Å². The van der Waals surface area contributed by atoms with Crippen molar-refractivity contribution >= 4 is 11.8 Å². The Bertz CT molecular complexity index is 544. The molecule has 0 radical (unpaired) electrons. The van der Waals surface area contributed by atoms with Gasteiger partial charge in [-0.2, -0.15) is 0 Å². The highest BCUT2D eigenvalue weighted by Gasteiger charge is 2.28. The quantitative estimate of drug-likeness (QED) is 0.747. The van der Waals surface area contributed by atoms with Crippen molar-refractivity contribution in [3.05, 3.63) is 42.2 Å². The zero-order chi connectivity index (χ0) is 15.9. The summed E-state index contributed by atoms with van der Waals surface area (Å²) in [6.07, 6.45) is 8.61. The maximum absolute atomic E-state index is 12.1. The fourth-order valence-electron chi connectivity index (χ4n) is 2.64. The maximum atomic E-state index is 12.1. The second-order valence-electron chi connectivity index (χ2n) is 5.65. The predicted octanol–water partition coefficient (Wildman–Crippen LogP) is 0.450. The fraction of sp³-hybridized carbons (Fsp3) is 0.438. The van der Waals surface area contributed by atoms with Crippen LogP contribution in [0.25, 0.3) is 0 Å². The minimum atomic E-state index is -0.361. The van der Waals surface area contributed by atoms with Crippen molar-refractivity contribution in [2.45, 2.75) is 25.4 Å². The predicted molar refractivity (Wildman–Crippen MR) is 83.6 cm³/mol. The molecule has 1 aliphatic carbocycles. The number of aromatic nitrogens is 1. The molecular formula is C16H22N4O2. The van der Waals surface area contributed by atoms with Crippen LogP contribution >= 0.6 is 0 Å². The van der Waals surface area contributed by atoms with Crippen molar-refractivity contribution in [2.75, 3.05) is 13.6 Å². The third-order valence-corrected chi connectivity index (χ3v) is 3.76. The van der Waals surface area contributed by atoms with Crippen molar-refractivity contribution in [1.82, 2.24) is 15.2 Å². The van der Waals surface area contributed by atoms with Crippen molar-refractivity contribution in [3.8, 4) is 0 Å². The zero-order valence-corrected chi connectivity index (χ0v) is 12.7. The molecule has 0 bridgehead atoms. The first-order valence-electron chi connectivity index (χ1n) is 7.37. The summed E-state index contributed by atoms with van der Waals surface area (Å²) in [6, 6.07) is 3.64. The van der Waals surface area contributed by atoms with Gasteiger partial charge in [0, 0.05) is 25.0 Å². The Morgan fingerprint density at radius 3 is 2.68 bits per heavy atom. The number of carbonyl (C=O) groups is 2. The molecule has 1 aromatic rings. The fourth-order valence-corrected chi connectivity index (χ4v) is 2.64. The summed E-state index contributed by atoms with van der Waals surface area (Å²) in [5.41, 5.74) is 6.49. The largest absolute Gasteiger partial charge is 0.369 e. The average Bonchev–Trinajstić information content (AvgIpc) is 2.48. The molecule has 1 heterocycles. The maximum Gasteiger partial charge on any atom is 0.234 e. The summed E-state index contributed by atoms with van der Waals surface area (Å²) < 4.78 is 0. The second kappa shape index (κ2) is 7.70. The Kier molecular flexibility index (Phi) is 5.66. The van der Waals surface area contributed by atoms with E-state index >= 15 is 0 Å². The number of primary amides is 1. The number of amides is 2. The van der Waals surface area contributed by atoms with E-state index in [1.54, 1.807) is 12.4 Å². The third kappa shape index (κ3) is 4.66. The van der Waals surface area contributed by atoms with Crippen LogP contribution in [0.3, 0.4) is 0 Å². The van der Waals surface area contributed by atoms with Crippen molar-refractivity contribution in [2.24, 2.45) is 11.7 Å². The van der Waals surface area contributed by atoms with Crippen molar-refractivity contribution in [1.29, 1.82) is 0 Å². The number of rotatable bonds is 6. The van der Waals surface area contributed by atoms with Crippen LogP contribution in [0.1, 0.15) is 18.4 Å². The van der Waals surface area contributed by atoms with Crippen LogP contribution in [0.4, 0.5) is 0 Å². The van der Waals surface area contributed by atoms with Crippen LogP contribution in [0.5, 0.6) is 0 Å². The molecule has 118 valence electrons. The van der Waals surface area contributed by atoms with Gasteiger partial charge in [-0.25, -0.2) is 0 Å². The number of pyridine rings is 1. The van der Waals surface area contributed by atoms with Gasteiger partial charge in [0.15, 0.2) is 0 Å². The topological polar surface area (TPSA) is 88.3 Å². The summed E-state index contributed by atoms with van der Waals surface area (Å²) in [4.78, 5) is 29.5. The van der Waals surface area contributed by atoms with E-state index in [4.69, 9.17) is 5.73 Å². The Morgan fingerprint density at radius 2 is 2.00 bits per heavy atom. The first-order valence-corrected chi connectivity index (χ1v) is 7.37. The monoisotopic (exact) mass is 302 g/mol. The van der Waals surface area contributed by atoms with E-state index in [0.717, 1.165) is 5.56 Å². The van der Waals surface area contributed by atoms with Gasteiger partial charge >= 0.3 is 0 Å². The van der Waals surface area contributed by atoms with E-state index in [2.05, 4.69) is 10.3 Å². The molecule has 0 spiro atoms. The summed E-state index contributed by atoms with van der Waals surface area (Å²) in [5, 5.41) is 2.92. The third-order valence-electron chi connectivity index (χ3n) is 3.76. The summed E-state index contributed by atoms with van der Waals surface area (Å²) in [5.74, 6) is -0.776. The number of nitrogens with one attached hydrogen (secondary N) is 1. The van der Waals surface area contributed by atoms with Gasteiger partial charge in [0.2, 0.25) is 11.8 Å². The molecule has 1 aromatic heterocycles. The van der Waals surface area contributed by atoms with Gasteiger partial charge in [0.25, 0.3) is 0 Å². The Hall–Kier alpha value is -2.21. The van der Waals surface area contributed by atoms with E-state index in [9.17, 15) is 9.59 Å². The zero-order valence-electron chi connectivity index (χ0n) is 12.7. The van der Waals surface area contributed by atoms with Crippen LogP contribution in [-0.4, -0.2) is 41.3 Å². The summed E-state index contributed by atoms with van der Waals surface area (Å²) in [7, 11) is 1.88. The lowest BCUT2D eigenvalue weighted by Crippen LogP contribution is -2.48. The summed E-state index contributed by atoms with van der Waals surface area (Å²) >= 11 is 0. The van der Waals surface area contributed by atoms with E-state index in [0.29, 0.717) is 19.4 Å². The average molecular weight is 302 g/mol. The summed E-state index contributed by atoms with van der Waals surface area (Å²) in [6.45, 7) is 0.938. The molecule has 0 unspecified atom stereocenters. The lowest BCUT2D eigenvalue weighted by Gasteiger charge is -2.27. The minimum Gasteiger partial charge on any atom is -0.369 e. The standard InChI is InChI=1S/C16H22N4O2/c1-20(10-12-6-8-18-9-7-12)11-15(21)19-14-5-3-2-4-13(14)16(17)22/h2-3,6-9,13-14H,4-5,10-11H2,1H3,(H2,17,22)(H,19,21)/t13-,14-/m1/s1. The van der Waals surface area contributed by atoms with Gasteiger partial charge in [-0.3, -0.25) is 19.5 Å². The van der Waals surface area contributed by atoms with E-state index in [1.165, 1.54) is 0 Å². The lowest BCUT2D eigenvalue weighted by molar-refractivity contribution is -0.125. The lowest BCUT2D eigenvalue weighted by atomic mass is 9.88. The van der Waals surface area contributed by atoms with Crippen LogP contribution in [0.2, 0.25) is 0 Å². The van der Waals surface area contributed by atoms with E-state index in [1.807, 2.05) is 36.2 Å². The van der Waals surface area contributed by atoms with E-state index < -0.39 is 0 Å². The van der Waals surface area contributed by atoms with Gasteiger partial charge in [-0.1, -0.05) is 12.2 Å². The van der Waals surface area contributed by atoms with Gasteiger partial charge in [-0.15, -0.1) is 0 Å². The highest BCUT2D eigenvalue weighted by atomic mass is 16.2. The number of nitrogens with two attached hydrogens (primary N) is 1. The second-order valence-corrected chi connectivity index (χ2v) is 5.65. The van der Waals surface area contributed by atoms with Crippen LogP contribution in [0, 0.1) is 5.92 Å². The molecule has 2 rings (SSSR count). The number of hydrogen-bond acceptors (Lipinski definition) is 4. The molecule has 2 atom stereocenters. The molecule has 3 N–H and O–H groups in total. The van der Waals surface area contributed by atoms with Gasteiger partial charge < -0.3 is 11.1 Å². The van der Waals surface area contributed by atoms with Gasteiger partial charge in [0.05, 0.1) is 12.5 Å². The highest BCUT2D eigenvalue weighted by Crippen LogP contribution is 2.18. The molecule has 1 aliphatic rings. The number of allylic oxidation sites excluding steroid dienone is 1. The van der Waals surface area contributed by atoms with Crippen LogP contribution in [-0.2, 0) is 16.1 Å². The minimum absolute atomic E-state index is 0.0943. The number of carbonyl (C=O) groups excluding carboxylic acids is 2. The molecule has 0 aliphatic heterocycles. The number of hydrogen-bond donors (Lipinski definition) is 2. The molecule has 0 aromatic carbocycles. The van der Waals surface area contributed by atoms with Gasteiger partial charge in [-0.05, 0) is 37.6 Å². The molecule has 0 saturated heterocycles. The molecule has 6 nitrogen and oxygen atoms in total. The Morgan fingerprint density at radius 1 is 1.32 bits per heavy atom. The molecule has 0 saturated carbocycles. The first kappa shape index (κ1) is 16.2. The van der Waals surface area contributed by atoms with E-state index in [-0.39, 0.29) is 30.3 Å². The SMILES string of the molecule is CN(CC(=O)N[C@@H]1CC=CC[C@H]1C(N)=O)Cc1ccncc1. The first-order chi connectivity index (χ1) is 10.6. The van der Waals surface area contributed by atoms with Crippen molar-refractivity contribution in [3.63, 3.8) is 0 Å². The molecule has 0 fully saturated rings.